The van der Waals surface area contributed by atoms with Crippen molar-refractivity contribution >= 4 is 11.7 Å². The number of halogens is 1. The van der Waals surface area contributed by atoms with E-state index in [0.29, 0.717) is 37.1 Å². The van der Waals surface area contributed by atoms with Crippen molar-refractivity contribution in [3.8, 4) is 5.75 Å². The number of hydrogen-bond acceptors (Lipinski definition) is 4. The summed E-state index contributed by atoms with van der Waals surface area (Å²) in [7, 11) is 0. The highest BCUT2D eigenvalue weighted by Crippen LogP contribution is 2.27. The van der Waals surface area contributed by atoms with Crippen LogP contribution in [0.1, 0.15) is 30.0 Å². The zero-order valence-corrected chi connectivity index (χ0v) is 15.9. The third-order valence-corrected chi connectivity index (χ3v) is 5.06. The van der Waals surface area contributed by atoms with Gasteiger partial charge in [0.15, 0.2) is 0 Å². The lowest BCUT2D eigenvalue weighted by Crippen LogP contribution is -2.40. The van der Waals surface area contributed by atoms with Crippen molar-refractivity contribution in [1.29, 1.82) is 0 Å². The van der Waals surface area contributed by atoms with Gasteiger partial charge in [0.1, 0.15) is 24.4 Å². The summed E-state index contributed by atoms with van der Waals surface area (Å²) < 4.78 is 23.5. The van der Waals surface area contributed by atoms with E-state index in [1.54, 1.807) is 18.4 Å². The molecule has 2 heterocycles. The summed E-state index contributed by atoms with van der Waals surface area (Å²) in [6.07, 6.45) is 3.32. The summed E-state index contributed by atoms with van der Waals surface area (Å²) in [4.78, 5) is 14.4. The van der Waals surface area contributed by atoms with Crippen molar-refractivity contribution in [2.75, 3.05) is 18.4 Å². The minimum Gasteiger partial charge on any atom is -0.489 e. The number of rotatable bonds is 5. The number of aromatic nitrogens is 1. The number of hydrogen-bond donors (Lipinski definition) is 1. The molecular formula is C22H22FN3O3. The van der Waals surface area contributed by atoms with Gasteiger partial charge in [-0.25, -0.2) is 9.18 Å². The smallest absolute Gasteiger partial charge is 0.321 e. The van der Waals surface area contributed by atoms with Gasteiger partial charge in [-0.3, -0.25) is 0 Å². The molecule has 1 aliphatic rings. The second-order valence-electron chi connectivity index (χ2n) is 7.06. The lowest BCUT2D eigenvalue weighted by molar-refractivity contribution is 0.193. The number of carbonyl (C=O) groups excluding carboxylic acids is 1. The van der Waals surface area contributed by atoms with E-state index in [1.807, 2.05) is 35.2 Å². The minimum absolute atomic E-state index is 0.111. The molecule has 1 fully saturated rings. The summed E-state index contributed by atoms with van der Waals surface area (Å²) >= 11 is 0. The standard InChI is InChI=1S/C22H22FN3O3/c23-18-4-6-20(7-5-18)28-15-16-2-1-3-19(14-16)24-22(27)26-11-8-17(9-12-26)21-10-13-29-25-21/h1-7,10,13-14,17H,8-9,11-12,15H2,(H,24,27). The van der Waals surface area contributed by atoms with Gasteiger partial charge >= 0.3 is 6.03 Å². The van der Waals surface area contributed by atoms with Gasteiger partial charge in [0.25, 0.3) is 0 Å². The van der Waals surface area contributed by atoms with E-state index in [0.717, 1.165) is 24.1 Å². The molecule has 6 nitrogen and oxygen atoms in total. The molecule has 0 spiro atoms. The van der Waals surface area contributed by atoms with E-state index in [4.69, 9.17) is 9.26 Å². The fourth-order valence-corrected chi connectivity index (χ4v) is 3.45. The SMILES string of the molecule is O=C(Nc1cccc(COc2ccc(F)cc2)c1)N1CCC(c2ccon2)CC1. The molecule has 29 heavy (non-hydrogen) atoms. The van der Waals surface area contributed by atoms with Gasteiger partial charge in [-0.05, 0) is 54.8 Å². The number of likely N-dealkylation sites (tertiary alicyclic amines) is 1. The molecular weight excluding hydrogens is 373 g/mol. The molecule has 0 unspecified atom stereocenters. The van der Waals surface area contributed by atoms with E-state index >= 15 is 0 Å². The Morgan fingerprint density at radius 1 is 1.17 bits per heavy atom. The second kappa shape index (κ2) is 8.77. The van der Waals surface area contributed by atoms with E-state index < -0.39 is 0 Å². The molecule has 0 aliphatic carbocycles. The van der Waals surface area contributed by atoms with Crippen LogP contribution in [0.3, 0.4) is 0 Å². The zero-order valence-electron chi connectivity index (χ0n) is 15.9. The Morgan fingerprint density at radius 2 is 1.97 bits per heavy atom. The molecule has 1 aromatic heterocycles. The zero-order chi connectivity index (χ0) is 20.1. The van der Waals surface area contributed by atoms with Gasteiger partial charge in [0.2, 0.25) is 0 Å². The average Bonchev–Trinajstić information content (AvgIpc) is 3.29. The van der Waals surface area contributed by atoms with E-state index in [9.17, 15) is 9.18 Å². The van der Waals surface area contributed by atoms with Crippen LogP contribution in [0.4, 0.5) is 14.9 Å². The fraction of sp³-hybridized carbons (Fsp3) is 0.273. The van der Waals surface area contributed by atoms with Crippen molar-refractivity contribution in [2.45, 2.75) is 25.4 Å². The maximum Gasteiger partial charge on any atom is 0.321 e. The molecule has 2 aromatic carbocycles. The topological polar surface area (TPSA) is 67.6 Å². The number of urea groups is 1. The molecule has 0 radical (unpaired) electrons. The molecule has 0 atom stereocenters. The number of nitrogens with zero attached hydrogens (tertiary/aromatic N) is 2. The lowest BCUT2D eigenvalue weighted by Gasteiger charge is -2.31. The predicted molar refractivity (Wildman–Crippen MR) is 106 cm³/mol. The average molecular weight is 395 g/mol. The molecule has 1 N–H and O–H groups in total. The summed E-state index contributed by atoms with van der Waals surface area (Å²) in [6.45, 7) is 1.69. The van der Waals surface area contributed by atoms with Crippen LogP contribution < -0.4 is 10.1 Å². The number of carbonyl (C=O) groups is 1. The Kier molecular flexibility index (Phi) is 5.74. The molecule has 0 bridgehead atoms. The van der Waals surface area contributed by atoms with Crippen molar-refractivity contribution in [1.82, 2.24) is 10.1 Å². The third-order valence-electron chi connectivity index (χ3n) is 5.06. The predicted octanol–water partition coefficient (Wildman–Crippen LogP) is 4.80. The molecule has 2 amide bonds. The van der Waals surface area contributed by atoms with Gasteiger partial charge in [0.05, 0.1) is 5.69 Å². The first-order valence-corrected chi connectivity index (χ1v) is 9.61. The molecule has 3 aromatic rings. The molecule has 4 rings (SSSR count). The van der Waals surface area contributed by atoms with Crippen LogP contribution in [-0.4, -0.2) is 29.2 Å². The van der Waals surface area contributed by atoms with E-state index in [2.05, 4.69) is 10.5 Å². The Labute approximate surface area is 168 Å². The van der Waals surface area contributed by atoms with Gasteiger partial charge in [-0.1, -0.05) is 17.3 Å². The molecule has 1 aliphatic heterocycles. The van der Waals surface area contributed by atoms with Gasteiger partial charge in [0, 0.05) is 30.8 Å². The fourth-order valence-electron chi connectivity index (χ4n) is 3.45. The van der Waals surface area contributed by atoms with E-state index in [1.165, 1.54) is 12.1 Å². The van der Waals surface area contributed by atoms with Crippen LogP contribution in [0.2, 0.25) is 0 Å². The second-order valence-corrected chi connectivity index (χ2v) is 7.06. The highest BCUT2D eigenvalue weighted by atomic mass is 19.1. The first-order chi connectivity index (χ1) is 14.2. The minimum atomic E-state index is -0.299. The summed E-state index contributed by atoms with van der Waals surface area (Å²) in [5.41, 5.74) is 2.59. The highest BCUT2D eigenvalue weighted by molar-refractivity contribution is 5.89. The molecule has 0 saturated carbocycles. The van der Waals surface area contributed by atoms with Crippen molar-refractivity contribution < 1.29 is 18.4 Å². The Hall–Kier alpha value is -3.35. The van der Waals surface area contributed by atoms with Gasteiger partial charge < -0.3 is 19.5 Å². The van der Waals surface area contributed by atoms with Crippen molar-refractivity contribution in [3.63, 3.8) is 0 Å². The van der Waals surface area contributed by atoms with Crippen LogP contribution in [0, 0.1) is 5.82 Å². The number of piperidine rings is 1. The molecule has 150 valence electrons. The van der Waals surface area contributed by atoms with Crippen LogP contribution in [-0.2, 0) is 6.61 Å². The van der Waals surface area contributed by atoms with Crippen LogP contribution in [0.5, 0.6) is 5.75 Å². The molecule has 7 heteroatoms. The Balaban J connectivity index is 1.29. The Bertz CT molecular complexity index is 936. The van der Waals surface area contributed by atoms with Crippen LogP contribution in [0.25, 0.3) is 0 Å². The van der Waals surface area contributed by atoms with Crippen molar-refractivity contribution in [2.24, 2.45) is 0 Å². The third kappa shape index (κ3) is 4.93. The molecule has 1 saturated heterocycles. The maximum absolute atomic E-state index is 13.0. The Morgan fingerprint density at radius 3 is 2.69 bits per heavy atom. The first kappa shape index (κ1) is 19.0. The largest absolute Gasteiger partial charge is 0.489 e. The quantitative estimate of drug-likeness (QED) is 0.674. The van der Waals surface area contributed by atoms with Crippen LogP contribution >= 0.6 is 0 Å². The number of amides is 2. The monoisotopic (exact) mass is 395 g/mol. The van der Waals surface area contributed by atoms with E-state index in [-0.39, 0.29) is 11.8 Å². The summed E-state index contributed by atoms with van der Waals surface area (Å²) in [6, 6.07) is 15.2. The van der Waals surface area contributed by atoms with Gasteiger partial charge in [-0.15, -0.1) is 0 Å². The highest BCUT2D eigenvalue weighted by Gasteiger charge is 2.25. The van der Waals surface area contributed by atoms with Gasteiger partial charge in [-0.2, -0.15) is 0 Å². The maximum atomic E-state index is 13.0. The van der Waals surface area contributed by atoms with Crippen LogP contribution in [0.15, 0.2) is 65.4 Å². The normalized spacial score (nSPS) is 14.6. The number of nitrogens with one attached hydrogen (secondary N) is 1. The lowest BCUT2D eigenvalue weighted by atomic mass is 9.94. The number of anilines is 1. The number of benzene rings is 2. The first-order valence-electron chi connectivity index (χ1n) is 9.61. The summed E-state index contributed by atoms with van der Waals surface area (Å²) in [5, 5.41) is 6.96. The van der Waals surface area contributed by atoms with Crippen molar-refractivity contribution in [3.05, 3.63) is 77.9 Å². The summed E-state index contributed by atoms with van der Waals surface area (Å²) in [5.74, 6) is 0.632. The number of ether oxygens (including phenoxy) is 1.